The van der Waals surface area contributed by atoms with Crippen molar-refractivity contribution in [2.75, 3.05) is 5.73 Å². The second kappa shape index (κ2) is 2.37. The molecule has 4 heteroatoms. The van der Waals surface area contributed by atoms with E-state index in [1.54, 1.807) is 9.09 Å². The molecule has 1 aromatic carbocycles. The van der Waals surface area contributed by atoms with Gasteiger partial charge in [0.1, 0.15) is 0 Å². The molecule has 56 valence electrons. The maximum absolute atomic E-state index is 5.59. The van der Waals surface area contributed by atoms with E-state index in [2.05, 4.69) is 28.0 Å². The van der Waals surface area contributed by atoms with Crippen molar-refractivity contribution in [1.29, 1.82) is 0 Å². The second-order valence-electron chi connectivity index (χ2n) is 2.32. The van der Waals surface area contributed by atoms with Crippen LogP contribution in [0.3, 0.4) is 0 Å². The molecule has 0 unspecified atom stereocenters. The summed E-state index contributed by atoms with van der Waals surface area (Å²) in [4.78, 5) is 0. The molecule has 0 radical (unpaired) electrons. The van der Waals surface area contributed by atoms with E-state index in [0.717, 1.165) is 16.6 Å². The second-order valence-corrected chi connectivity index (χ2v) is 3.24. The Kier molecular flexibility index (Phi) is 1.49. The van der Waals surface area contributed by atoms with Gasteiger partial charge in [-0.1, -0.05) is 0 Å². The topological polar surface area (TPSA) is 43.8 Å². The maximum Gasteiger partial charge on any atom is 0.0851 e. The molecule has 2 aromatic rings. The van der Waals surface area contributed by atoms with Crippen molar-refractivity contribution in [3.63, 3.8) is 0 Å². The Hall–Kier alpha value is -0.780. The number of fused-ring (bicyclic) bond motifs is 1. The number of rotatable bonds is 0. The Bertz CT molecular complexity index is 393. The molecular formula is C7H6IN3. The van der Waals surface area contributed by atoms with Crippen molar-refractivity contribution in [2.24, 2.45) is 0 Å². The van der Waals surface area contributed by atoms with Gasteiger partial charge in [-0.15, -0.1) is 0 Å². The summed E-state index contributed by atoms with van der Waals surface area (Å²) in [6, 6.07) is 5.75. The van der Waals surface area contributed by atoms with Crippen molar-refractivity contribution < 1.29 is 0 Å². The molecule has 0 aliphatic heterocycles. The largest absolute Gasteiger partial charge is 0.399 e. The van der Waals surface area contributed by atoms with E-state index in [0.29, 0.717) is 0 Å². The number of anilines is 1. The SMILES string of the molecule is Nc1ccc2c(cnn2I)c1. The van der Waals surface area contributed by atoms with Crippen LogP contribution in [0.4, 0.5) is 5.69 Å². The number of aromatic nitrogens is 2. The molecule has 0 saturated heterocycles. The minimum absolute atomic E-state index is 0.780. The van der Waals surface area contributed by atoms with Crippen molar-refractivity contribution in [3.05, 3.63) is 24.4 Å². The van der Waals surface area contributed by atoms with Gasteiger partial charge in [-0.25, -0.2) is 2.90 Å². The zero-order valence-corrected chi connectivity index (χ0v) is 7.82. The molecule has 3 nitrogen and oxygen atoms in total. The zero-order chi connectivity index (χ0) is 7.84. The van der Waals surface area contributed by atoms with E-state index in [1.807, 2.05) is 18.2 Å². The lowest BCUT2D eigenvalue weighted by Crippen LogP contribution is -1.83. The molecule has 1 heterocycles. The van der Waals surface area contributed by atoms with Gasteiger partial charge in [0, 0.05) is 11.1 Å². The molecule has 0 atom stereocenters. The summed E-state index contributed by atoms with van der Waals surface area (Å²) >= 11 is 2.13. The first-order valence-corrected chi connectivity index (χ1v) is 4.13. The fraction of sp³-hybridized carbons (Fsp3) is 0. The Labute approximate surface area is 77.7 Å². The van der Waals surface area contributed by atoms with Crippen LogP contribution in [0.1, 0.15) is 0 Å². The molecule has 0 aliphatic carbocycles. The van der Waals surface area contributed by atoms with Crippen LogP contribution < -0.4 is 5.73 Å². The van der Waals surface area contributed by atoms with Gasteiger partial charge in [-0.05, 0) is 18.2 Å². The van der Waals surface area contributed by atoms with Gasteiger partial charge in [0.05, 0.1) is 34.6 Å². The van der Waals surface area contributed by atoms with E-state index in [-0.39, 0.29) is 0 Å². The number of halogens is 1. The van der Waals surface area contributed by atoms with Crippen LogP contribution in [-0.2, 0) is 0 Å². The minimum atomic E-state index is 0.780. The summed E-state index contributed by atoms with van der Waals surface area (Å²) in [7, 11) is 0. The van der Waals surface area contributed by atoms with Crippen molar-refractivity contribution in [3.8, 4) is 0 Å². The average Bonchev–Trinajstić information content (AvgIpc) is 2.32. The third-order valence-corrected chi connectivity index (χ3v) is 2.32. The van der Waals surface area contributed by atoms with Crippen LogP contribution in [-0.4, -0.2) is 7.99 Å². The summed E-state index contributed by atoms with van der Waals surface area (Å²) in [5.74, 6) is 0. The molecule has 0 spiro atoms. The fourth-order valence-electron chi connectivity index (χ4n) is 1.02. The molecule has 1 aromatic heterocycles. The predicted octanol–water partition coefficient (Wildman–Crippen LogP) is 1.82. The van der Waals surface area contributed by atoms with Crippen LogP contribution in [0.5, 0.6) is 0 Å². The molecule has 0 bridgehead atoms. The lowest BCUT2D eigenvalue weighted by molar-refractivity contribution is 1.09. The number of benzene rings is 1. The van der Waals surface area contributed by atoms with Crippen LogP contribution in [0.15, 0.2) is 24.4 Å². The first-order valence-electron chi connectivity index (χ1n) is 3.17. The first-order chi connectivity index (χ1) is 5.27. The van der Waals surface area contributed by atoms with Crippen LogP contribution in [0.25, 0.3) is 10.9 Å². The Morgan fingerprint density at radius 2 is 2.27 bits per heavy atom. The van der Waals surface area contributed by atoms with Gasteiger partial charge in [-0.2, -0.15) is 5.10 Å². The molecule has 0 fully saturated rings. The zero-order valence-electron chi connectivity index (χ0n) is 5.66. The monoisotopic (exact) mass is 259 g/mol. The summed E-state index contributed by atoms with van der Waals surface area (Å²) in [6.45, 7) is 0. The summed E-state index contributed by atoms with van der Waals surface area (Å²) in [5, 5.41) is 5.17. The van der Waals surface area contributed by atoms with Gasteiger partial charge in [-0.3, -0.25) is 0 Å². The van der Waals surface area contributed by atoms with E-state index < -0.39 is 0 Å². The van der Waals surface area contributed by atoms with Gasteiger partial charge < -0.3 is 5.73 Å². The normalized spacial score (nSPS) is 10.6. The average molecular weight is 259 g/mol. The predicted molar refractivity (Wildman–Crippen MR) is 53.6 cm³/mol. The van der Waals surface area contributed by atoms with Crippen molar-refractivity contribution in [2.45, 2.75) is 0 Å². The third-order valence-electron chi connectivity index (χ3n) is 1.55. The highest BCUT2D eigenvalue weighted by atomic mass is 127. The summed E-state index contributed by atoms with van der Waals surface area (Å²) < 4.78 is 1.80. The van der Waals surface area contributed by atoms with Crippen LogP contribution in [0, 0.1) is 0 Å². The van der Waals surface area contributed by atoms with E-state index in [9.17, 15) is 0 Å². The van der Waals surface area contributed by atoms with E-state index in [4.69, 9.17) is 5.73 Å². The van der Waals surface area contributed by atoms with E-state index >= 15 is 0 Å². The lowest BCUT2D eigenvalue weighted by Gasteiger charge is -1.92. The van der Waals surface area contributed by atoms with Crippen molar-refractivity contribution in [1.82, 2.24) is 7.99 Å². The van der Waals surface area contributed by atoms with Crippen molar-refractivity contribution >= 4 is 39.5 Å². The van der Waals surface area contributed by atoms with Crippen LogP contribution in [0.2, 0.25) is 0 Å². The molecular weight excluding hydrogens is 253 g/mol. The molecule has 0 saturated carbocycles. The quantitative estimate of drug-likeness (QED) is 0.579. The number of nitrogens with two attached hydrogens (primary N) is 1. The number of nitrogen functional groups attached to an aromatic ring is 1. The first kappa shape index (κ1) is 6.90. The van der Waals surface area contributed by atoms with Crippen LogP contribution >= 0.6 is 22.9 Å². The molecule has 0 aliphatic rings. The highest BCUT2D eigenvalue weighted by molar-refractivity contribution is 14.1. The highest BCUT2D eigenvalue weighted by Gasteiger charge is 1.98. The highest BCUT2D eigenvalue weighted by Crippen LogP contribution is 2.17. The minimum Gasteiger partial charge on any atom is -0.399 e. The molecule has 11 heavy (non-hydrogen) atoms. The van der Waals surface area contributed by atoms with Gasteiger partial charge >= 0.3 is 0 Å². The Balaban J connectivity index is 2.86. The van der Waals surface area contributed by atoms with Gasteiger partial charge in [0.2, 0.25) is 0 Å². The summed E-state index contributed by atoms with van der Waals surface area (Å²) in [6.07, 6.45) is 1.80. The maximum atomic E-state index is 5.59. The van der Waals surface area contributed by atoms with Gasteiger partial charge in [0.15, 0.2) is 0 Å². The van der Waals surface area contributed by atoms with Gasteiger partial charge in [0.25, 0.3) is 0 Å². The number of hydrogen-bond acceptors (Lipinski definition) is 2. The van der Waals surface area contributed by atoms with E-state index in [1.165, 1.54) is 0 Å². The molecule has 2 rings (SSSR count). The molecule has 0 amide bonds. The standard InChI is InChI=1S/C7H6IN3/c8-11-7-2-1-6(9)3-5(7)4-10-11/h1-4H,9H2. The Morgan fingerprint density at radius 1 is 1.45 bits per heavy atom. The Morgan fingerprint density at radius 3 is 3.09 bits per heavy atom. The summed E-state index contributed by atoms with van der Waals surface area (Å²) in [5.41, 5.74) is 7.47. The third kappa shape index (κ3) is 1.07. The molecule has 2 N–H and O–H groups in total. The lowest BCUT2D eigenvalue weighted by atomic mass is 10.2. The number of nitrogens with zero attached hydrogens (tertiary/aromatic N) is 2. The number of hydrogen-bond donors (Lipinski definition) is 1. The smallest absolute Gasteiger partial charge is 0.0851 e. The fourth-order valence-corrected chi connectivity index (χ4v) is 1.58.